The van der Waals surface area contributed by atoms with Crippen LogP contribution in [-0.4, -0.2) is 25.1 Å². The Morgan fingerprint density at radius 1 is 0.968 bits per heavy atom. The predicted molar refractivity (Wildman–Crippen MR) is 125 cm³/mol. The Balaban J connectivity index is 1.85. The van der Waals surface area contributed by atoms with Crippen LogP contribution in [-0.2, 0) is 16.0 Å². The molecule has 3 rings (SSSR count). The van der Waals surface area contributed by atoms with E-state index in [1.807, 2.05) is 62.5 Å². The van der Waals surface area contributed by atoms with Crippen LogP contribution in [0, 0.1) is 13.8 Å². The molecule has 162 valence electrons. The molecule has 0 aliphatic heterocycles. The number of carbonyl (C=O) groups is 2. The van der Waals surface area contributed by atoms with Crippen molar-refractivity contribution in [3.63, 3.8) is 0 Å². The van der Waals surface area contributed by atoms with E-state index < -0.39 is 5.97 Å². The van der Waals surface area contributed by atoms with Gasteiger partial charge >= 0.3 is 5.97 Å². The van der Waals surface area contributed by atoms with Gasteiger partial charge in [0.25, 0.3) is 0 Å². The molecule has 3 aromatic rings. The summed E-state index contributed by atoms with van der Waals surface area (Å²) in [7, 11) is 0. The highest BCUT2D eigenvalue weighted by atomic mass is 32.1. The second kappa shape index (κ2) is 10.3. The third kappa shape index (κ3) is 5.52. The Labute approximate surface area is 187 Å². The molecular weight excluding hydrogens is 410 g/mol. The summed E-state index contributed by atoms with van der Waals surface area (Å²) in [6.45, 7) is 8.60. The smallest absolute Gasteiger partial charge is 0.341 e. The number of thiophene rings is 1. The fraction of sp³-hybridized carbons (Fsp3) is 0.280. The van der Waals surface area contributed by atoms with Crippen molar-refractivity contribution in [1.82, 2.24) is 0 Å². The SMILES string of the molecule is CCOC(=O)c1c(-c2ccc(C)cc2C)csc1NC(=O)Cc1ccc(OCC)cc1. The normalized spacial score (nSPS) is 10.6. The summed E-state index contributed by atoms with van der Waals surface area (Å²) >= 11 is 1.33. The van der Waals surface area contributed by atoms with Gasteiger partial charge in [0.2, 0.25) is 5.91 Å². The number of hydrogen-bond acceptors (Lipinski definition) is 5. The average molecular weight is 438 g/mol. The van der Waals surface area contributed by atoms with E-state index in [-0.39, 0.29) is 18.9 Å². The van der Waals surface area contributed by atoms with Crippen LogP contribution in [0.2, 0.25) is 0 Å². The number of ether oxygens (including phenoxy) is 2. The number of amides is 1. The maximum absolute atomic E-state index is 12.8. The highest BCUT2D eigenvalue weighted by molar-refractivity contribution is 7.15. The largest absolute Gasteiger partial charge is 0.494 e. The molecule has 1 heterocycles. The second-order valence-corrected chi connectivity index (χ2v) is 8.07. The van der Waals surface area contributed by atoms with E-state index in [4.69, 9.17) is 9.47 Å². The Morgan fingerprint density at radius 2 is 1.71 bits per heavy atom. The van der Waals surface area contributed by atoms with E-state index in [9.17, 15) is 9.59 Å². The molecule has 31 heavy (non-hydrogen) atoms. The lowest BCUT2D eigenvalue weighted by Gasteiger charge is -2.11. The molecule has 1 N–H and O–H groups in total. The standard InChI is InChI=1S/C25H27NO4S/c1-5-29-19-10-8-18(9-11-19)14-22(27)26-24-23(25(28)30-6-2)21(15-31-24)20-12-7-16(3)13-17(20)4/h7-13,15H,5-6,14H2,1-4H3,(H,26,27). The number of hydrogen-bond donors (Lipinski definition) is 1. The molecule has 1 aromatic heterocycles. The number of aryl methyl sites for hydroxylation is 2. The third-order valence-electron chi connectivity index (χ3n) is 4.79. The zero-order valence-corrected chi connectivity index (χ0v) is 19.1. The van der Waals surface area contributed by atoms with Crippen LogP contribution in [0.5, 0.6) is 5.75 Å². The first-order valence-electron chi connectivity index (χ1n) is 10.3. The van der Waals surface area contributed by atoms with Crippen molar-refractivity contribution in [2.24, 2.45) is 0 Å². The third-order valence-corrected chi connectivity index (χ3v) is 5.69. The molecule has 0 unspecified atom stereocenters. The zero-order chi connectivity index (χ0) is 22.4. The molecule has 0 aliphatic rings. The highest BCUT2D eigenvalue weighted by Gasteiger charge is 2.23. The zero-order valence-electron chi connectivity index (χ0n) is 18.3. The van der Waals surface area contributed by atoms with Crippen LogP contribution in [0.25, 0.3) is 11.1 Å². The number of rotatable bonds is 8. The van der Waals surface area contributed by atoms with Crippen molar-refractivity contribution in [2.45, 2.75) is 34.1 Å². The Hall–Kier alpha value is -3.12. The van der Waals surface area contributed by atoms with Gasteiger partial charge in [-0.25, -0.2) is 4.79 Å². The van der Waals surface area contributed by atoms with Gasteiger partial charge in [0.1, 0.15) is 16.3 Å². The number of esters is 1. The van der Waals surface area contributed by atoms with Gasteiger partial charge < -0.3 is 14.8 Å². The van der Waals surface area contributed by atoms with Crippen LogP contribution in [0.3, 0.4) is 0 Å². The van der Waals surface area contributed by atoms with Crippen molar-refractivity contribution >= 4 is 28.2 Å². The van der Waals surface area contributed by atoms with Gasteiger partial charge in [-0.3, -0.25) is 4.79 Å². The molecule has 0 saturated heterocycles. The molecule has 2 aromatic carbocycles. The molecule has 6 heteroatoms. The number of nitrogens with one attached hydrogen (secondary N) is 1. The first-order chi connectivity index (χ1) is 14.9. The molecule has 0 aliphatic carbocycles. The summed E-state index contributed by atoms with van der Waals surface area (Å²) in [6.07, 6.45) is 0.200. The van der Waals surface area contributed by atoms with E-state index in [1.54, 1.807) is 6.92 Å². The van der Waals surface area contributed by atoms with E-state index in [0.29, 0.717) is 17.2 Å². The maximum atomic E-state index is 12.8. The Kier molecular flexibility index (Phi) is 7.47. The summed E-state index contributed by atoms with van der Waals surface area (Å²) < 4.78 is 10.7. The van der Waals surface area contributed by atoms with Gasteiger partial charge in [0.15, 0.2) is 0 Å². The first kappa shape index (κ1) is 22.6. The fourth-order valence-corrected chi connectivity index (χ4v) is 4.36. The molecule has 1 amide bonds. The molecule has 0 bridgehead atoms. The molecule has 5 nitrogen and oxygen atoms in total. The van der Waals surface area contributed by atoms with Crippen molar-refractivity contribution in [2.75, 3.05) is 18.5 Å². The van der Waals surface area contributed by atoms with E-state index in [1.165, 1.54) is 11.3 Å². The minimum Gasteiger partial charge on any atom is -0.494 e. The lowest BCUT2D eigenvalue weighted by atomic mass is 9.97. The number of benzene rings is 2. The van der Waals surface area contributed by atoms with Gasteiger partial charge in [-0.1, -0.05) is 35.9 Å². The van der Waals surface area contributed by atoms with E-state index in [0.717, 1.165) is 33.6 Å². The average Bonchev–Trinajstić information content (AvgIpc) is 3.13. The van der Waals surface area contributed by atoms with Crippen molar-refractivity contribution in [1.29, 1.82) is 0 Å². The molecular formula is C25H27NO4S. The van der Waals surface area contributed by atoms with Crippen LogP contribution in [0.4, 0.5) is 5.00 Å². The predicted octanol–water partition coefficient (Wildman–Crippen LogP) is 5.79. The minimum absolute atomic E-state index is 0.191. The number of anilines is 1. The van der Waals surface area contributed by atoms with Crippen molar-refractivity contribution in [3.05, 3.63) is 70.1 Å². The van der Waals surface area contributed by atoms with Gasteiger partial charge in [0, 0.05) is 10.9 Å². The van der Waals surface area contributed by atoms with E-state index in [2.05, 4.69) is 11.4 Å². The summed E-state index contributed by atoms with van der Waals surface area (Å²) in [5.41, 5.74) is 5.21. The lowest BCUT2D eigenvalue weighted by Crippen LogP contribution is -2.16. The summed E-state index contributed by atoms with van der Waals surface area (Å²) in [4.78, 5) is 25.5. The van der Waals surface area contributed by atoms with Crippen molar-refractivity contribution < 1.29 is 19.1 Å². The Bertz CT molecular complexity index is 1070. The molecule has 0 spiro atoms. The fourth-order valence-electron chi connectivity index (χ4n) is 3.40. The van der Waals surface area contributed by atoms with Crippen molar-refractivity contribution in [3.8, 4) is 16.9 Å². The Morgan fingerprint density at radius 3 is 2.35 bits per heavy atom. The summed E-state index contributed by atoms with van der Waals surface area (Å²) in [6, 6.07) is 13.5. The molecule has 0 atom stereocenters. The molecule has 0 fully saturated rings. The molecule has 0 radical (unpaired) electrons. The van der Waals surface area contributed by atoms with Crippen LogP contribution in [0.1, 0.15) is 40.9 Å². The highest BCUT2D eigenvalue weighted by Crippen LogP contribution is 2.38. The minimum atomic E-state index is -0.435. The summed E-state index contributed by atoms with van der Waals surface area (Å²) in [5.74, 6) is 0.145. The van der Waals surface area contributed by atoms with Crippen LogP contribution in [0.15, 0.2) is 47.8 Å². The van der Waals surface area contributed by atoms with Crippen LogP contribution < -0.4 is 10.1 Å². The van der Waals surface area contributed by atoms with E-state index >= 15 is 0 Å². The number of carbonyl (C=O) groups excluding carboxylic acids is 2. The van der Waals surface area contributed by atoms with Gasteiger partial charge in [-0.15, -0.1) is 11.3 Å². The van der Waals surface area contributed by atoms with Gasteiger partial charge in [0.05, 0.1) is 19.6 Å². The topological polar surface area (TPSA) is 64.6 Å². The van der Waals surface area contributed by atoms with Gasteiger partial charge in [-0.2, -0.15) is 0 Å². The monoisotopic (exact) mass is 437 g/mol. The maximum Gasteiger partial charge on any atom is 0.341 e. The summed E-state index contributed by atoms with van der Waals surface area (Å²) in [5, 5.41) is 5.31. The lowest BCUT2D eigenvalue weighted by molar-refractivity contribution is -0.115. The van der Waals surface area contributed by atoms with Crippen LogP contribution >= 0.6 is 11.3 Å². The second-order valence-electron chi connectivity index (χ2n) is 7.19. The molecule has 0 saturated carbocycles. The quantitative estimate of drug-likeness (QED) is 0.453. The first-order valence-corrected chi connectivity index (χ1v) is 11.2. The van der Waals surface area contributed by atoms with Gasteiger partial charge in [-0.05, 0) is 56.5 Å².